The van der Waals surface area contributed by atoms with E-state index in [1.807, 2.05) is 0 Å². The van der Waals surface area contributed by atoms with Gasteiger partial charge < -0.3 is 28.8 Å². The standard InChI is InChI=1S/C12H20O8/c1-6(13)18-5-8-9(19-7(2)14)10(16-3)11(17-4)12(15)20-8/h8-12,15H,5H2,1-4H3/t8-,9-,10+,11-,12+/m1/s1. The molecule has 0 spiro atoms. The predicted molar refractivity (Wildman–Crippen MR) is 64.7 cm³/mol. The summed E-state index contributed by atoms with van der Waals surface area (Å²) in [5.74, 6) is -1.05. The highest BCUT2D eigenvalue weighted by Gasteiger charge is 2.48. The third-order valence-electron chi connectivity index (χ3n) is 2.91. The Morgan fingerprint density at radius 3 is 2.10 bits per heavy atom. The highest BCUT2D eigenvalue weighted by Crippen LogP contribution is 2.26. The fraction of sp³-hybridized carbons (Fsp3) is 0.833. The number of carbonyl (C=O) groups is 2. The predicted octanol–water partition coefficient (Wildman–Crippen LogP) is -0.772. The maximum absolute atomic E-state index is 11.2. The first-order valence-corrected chi connectivity index (χ1v) is 6.10. The Morgan fingerprint density at radius 1 is 1.05 bits per heavy atom. The smallest absolute Gasteiger partial charge is 0.303 e. The molecular weight excluding hydrogens is 272 g/mol. The normalized spacial score (nSPS) is 33.5. The van der Waals surface area contributed by atoms with E-state index in [0.29, 0.717) is 0 Å². The minimum Gasteiger partial charge on any atom is -0.463 e. The summed E-state index contributed by atoms with van der Waals surface area (Å²) in [5, 5.41) is 9.85. The van der Waals surface area contributed by atoms with Gasteiger partial charge in [-0.25, -0.2) is 0 Å². The molecule has 8 heteroatoms. The van der Waals surface area contributed by atoms with Crippen LogP contribution in [-0.2, 0) is 33.3 Å². The minimum absolute atomic E-state index is 0.166. The lowest BCUT2D eigenvalue weighted by Crippen LogP contribution is -2.61. The Morgan fingerprint density at radius 2 is 1.65 bits per heavy atom. The van der Waals surface area contributed by atoms with Crippen molar-refractivity contribution in [2.45, 2.75) is 44.6 Å². The van der Waals surface area contributed by atoms with Gasteiger partial charge in [-0.3, -0.25) is 9.59 Å². The van der Waals surface area contributed by atoms with Crippen molar-refractivity contribution < 1.29 is 38.4 Å². The van der Waals surface area contributed by atoms with Crippen LogP contribution in [-0.4, -0.2) is 68.6 Å². The average molecular weight is 292 g/mol. The maximum Gasteiger partial charge on any atom is 0.303 e. The Kier molecular flexibility index (Phi) is 6.34. The van der Waals surface area contributed by atoms with Crippen molar-refractivity contribution in [2.75, 3.05) is 20.8 Å². The summed E-state index contributed by atoms with van der Waals surface area (Å²) in [4.78, 5) is 22.1. The molecule has 1 N–H and O–H groups in total. The quantitative estimate of drug-likeness (QED) is 0.659. The molecule has 1 fully saturated rings. The van der Waals surface area contributed by atoms with E-state index in [1.165, 1.54) is 28.1 Å². The number of carbonyl (C=O) groups excluding carboxylic acids is 2. The van der Waals surface area contributed by atoms with Crippen LogP contribution < -0.4 is 0 Å². The Bertz CT molecular complexity index is 344. The molecule has 20 heavy (non-hydrogen) atoms. The zero-order valence-corrected chi connectivity index (χ0v) is 11.9. The lowest BCUT2D eigenvalue weighted by atomic mass is 9.98. The van der Waals surface area contributed by atoms with Crippen molar-refractivity contribution >= 4 is 11.9 Å². The molecule has 1 aliphatic heterocycles. The lowest BCUT2D eigenvalue weighted by Gasteiger charge is -2.42. The third-order valence-corrected chi connectivity index (χ3v) is 2.91. The van der Waals surface area contributed by atoms with Gasteiger partial charge in [0.2, 0.25) is 0 Å². The second-order valence-corrected chi connectivity index (χ2v) is 4.34. The van der Waals surface area contributed by atoms with Gasteiger partial charge >= 0.3 is 11.9 Å². The molecule has 1 aliphatic rings. The number of rotatable bonds is 5. The van der Waals surface area contributed by atoms with Crippen LogP contribution in [0.4, 0.5) is 0 Å². The van der Waals surface area contributed by atoms with Gasteiger partial charge in [-0.1, -0.05) is 0 Å². The second-order valence-electron chi connectivity index (χ2n) is 4.34. The molecule has 0 aromatic rings. The van der Waals surface area contributed by atoms with Crippen LogP contribution >= 0.6 is 0 Å². The molecule has 0 aromatic heterocycles. The average Bonchev–Trinajstić information content (AvgIpc) is 2.37. The molecule has 0 unspecified atom stereocenters. The van der Waals surface area contributed by atoms with Gasteiger partial charge in [0, 0.05) is 28.1 Å². The van der Waals surface area contributed by atoms with Gasteiger partial charge in [0.1, 0.15) is 24.9 Å². The van der Waals surface area contributed by atoms with Crippen LogP contribution in [0.25, 0.3) is 0 Å². The Labute approximate surface area is 116 Å². The Hall–Kier alpha value is -1.22. The van der Waals surface area contributed by atoms with Gasteiger partial charge in [0.15, 0.2) is 12.4 Å². The number of aliphatic hydroxyl groups is 1. The van der Waals surface area contributed by atoms with E-state index in [4.69, 9.17) is 23.7 Å². The van der Waals surface area contributed by atoms with Crippen molar-refractivity contribution in [1.82, 2.24) is 0 Å². The molecule has 8 nitrogen and oxygen atoms in total. The van der Waals surface area contributed by atoms with Gasteiger partial charge in [-0.05, 0) is 0 Å². The van der Waals surface area contributed by atoms with Crippen LogP contribution in [0.1, 0.15) is 13.8 Å². The molecule has 116 valence electrons. The molecule has 1 saturated heterocycles. The molecule has 0 bridgehead atoms. The number of esters is 2. The first-order valence-electron chi connectivity index (χ1n) is 6.10. The van der Waals surface area contributed by atoms with Crippen molar-refractivity contribution in [3.63, 3.8) is 0 Å². The van der Waals surface area contributed by atoms with E-state index in [1.54, 1.807) is 0 Å². The van der Waals surface area contributed by atoms with Crippen LogP contribution in [0.2, 0.25) is 0 Å². The SMILES string of the molecule is CO[C@@H]1[C@@H](OC)[C@@H](O)O[C@H](COC(C)=O)[C@H]1OC(C)=O. The van der Waals surface area contributed by atoms with Crippen LogP contribution in [0, 0.1) is 0 Å². The van der Waals surface area contributed by atoms with E-state index >= 15 is 0 Å². The largest absolute Gasteiger partial charge is 0.463 e. The number of hydrogen-bond donors (Lipinski definition) is 1. The van der Waals surface area contributed by atoms with E-state index in [0.717, 1.165) is 0 Å². The maximum atomic E-state index is 11.2. The molecule has 1 rings (SSSR count). The first kappa shape index (κ1) is 16.8. The van der Waals surface area contributed by atoms with E-state index in [2.05, 4.69) is 0 Å². The number of hydrogen-bond acceptors (Lipinski definition) is 8. The van der Waals surface area contributed by atoms with E-state index in [-0.39, 0.29) is 6.61 Å². The molecule has 0 saturated carbocycles. The topological polar surface area (TPSA) is 101 Å². The van der Waals surface area contributed by atoms with E-state index in [9.17, 15) is 14.7 Å². The van der Waals surface area contributed by atoms with Crippen LogP contribution in [0.3, 0.4) is 0 Å². The van der Waals surface area contributed by atoms with E-state index < -0.39 is 42.6 Å². The zero-order valence-electron chi connectivity index (χ0n) is 11.9. The summed E-state index contributed by atoms with van der Waals surface area (Å²) >= 11 is 0. The summed E-state index contributed by atoms with van der Waals surface area (Å²) in [5.41, 5.74) is 0. The Balaban J connectivity index is 2.89. The van der Waals surface area contributed by atoms with Crippen molar-refractivity contribution in [3.05, 3.63) is 0 Å². The molecule has 0 radical (unpaired) electrons. The second kappa shape index (κ2) is 7.53. The summed E-state index contributed by atoms with van der Waals surface area (Å²) in [6.07, 6.45) is -4.54. The highest BCUT2D eigenvalue weighted by atomic mass is 16.7. The van der Waals surface area contributed by atoms with Gasteiger partial charge in [-0.15, -0.1) is 0 Å². The van der Waals surface area contributed by atoms with Crippen molar-refractivity contribution in [3.8, 4) is 0 Å². The van der Waals surface area contributed by atoms with Crippen molar-refractivity contribution in [1.29, 1.82) is 0 Å². The summed E-state index contributed by atoms with van der Waals surface area (Å²) in [6.45, 7) is 2.31. The van der Waals surface area contributed by atoms with Crippen LogP contribution in [0.15, 0.2) is 0 Å². The van der Waals surface area contributed by atoms with Gasteiger partial charge in [0.25, 0.3) is 0 Å². The zero-order chi connectivity index (χ0) is 15.3. The summed E-state index contributed by atoms with van der Waals surface area (Å²) < 4.78 is 25.6. The lowest BCUT2D eigenvalue weighted by molar-refractivity contribution is -0.298. The highest BCUT2D eigenvalue weighted by molar-refractivity contribution is 5.66. The summed E-state index contributed by atoms with van der Waals surface area (Å²) in [7, 11) is 2.77. The molecule has 1 heterocycles. The first-order chi connectivity index (χ1) is 9.40. The number of aliphatic hydroxyl groups excluding tert-OH is 1. The number of ether oxygens (including phenoxy) is 5. The number of methoxy groups -OCH3 is 2. The van der Waals surface area contributed by atoms with Gasteiger partial charge in [-0.2, -0.15) is 0 Å². The minimum atomic E-state index is -1.28. The molecular formula is C12H20O8. The molecule has 5 atom stereocenters. The molecule has 0 aromatic carbocycles. The summed E-state index contributed by atoms with van der Waals surface area (Å²) in [6, 6.07) is 0. The van der Waals surface area contributed by atoms with Crippen LogP contribution in [0.5, 0.6) is 0 Å². The third kappa shape index (κ3) is 4.14. The fourth-order valence-corrected chi connectivity index (χ4v) is 2.08. The molecule has 0 amide bonds. The van der Waals surface area contributed by atoms with Gasteiger partial charge in [0.05, 0.1) is 0 Å². The monoisotopic (exact) mass is 292 g/mol. The van der Waals surface area contributed by atoms with Crippen molar-refractivity contribution in [2.24, 2.45) is 0 Å². The fourth-order valence-electron chi connectivity index (χ4n) is 2.08. The molecule has 0 aliphatic carbocycles.